The van der Waals surface area contributed by atoms with Crippen LogP contribution in [0.1, 0.15) is 6.92 Å². The predicted octanol–water partition coefficient (Wildman–Crippen LogP) is 1.63. The van der Waals surface area contributed by atoms with Crippen molar-refractivity contribution < 1.29 is 14.3 Å². The zero-order valence-corrected chi connectivity index (χ0v) is 13.4. The topological polar surface area (TPSA) is 59.6 Å². The van der Waals surface area contributed by atoms with Crippen LogP contribution in [-0.4, -0.2) is 44.4 Å². The van der Waals surface area contributed by atoms with Crippen LogP contribution >= 0.6 is 24.0 Å². The van der Waals surface area contributed by atoms with E-state index in [0.29, 0.717) is 24.7 Å². The number of carbonyl (C=O) groups is 1. The first-order valence-corrected chi connectivity index (χ1v) is 7.05. The number of rotatable bonds is 5. The van der Waals surface area contributed by atoms with Crippen LogP contribution in [0.3, 0.4) is 0 Å². The van der Waals surface area contributed by atoms with Gasteiger partial charge in [-0.15, -0.1) is 12.4 Å². The first-order chi connectivity index (χ1) is 9.65. The molecule has 7 heteroatoms. The number of benzene rings is 1. The van der Waals surface area contributed by atoms with E-state index in [0.717, 1.165) is 12.3 Å². The SMILES string of the molecule is CC(CNC(=O)C1CNCCO1)Oc1ccc(Cl)cc1.Cl. The van der Waals surface area contributed by atoms with Crippen LogP contribution in [0.15, 0.2) is 24.3 Å². The second-order valence-corrected chi connectivity index (χ2v) is 5.13. The minimum Gasteiger partial charge on any atom is -0.489 e. The third kappa shape index (κ3) is 6.09. The maximum Gasteiger partial charge on any atom is 0.250 e. The third-order valence-electron chi connectivity index (χ3n) is 2.93. The second-order valence-electron chi connectivity index (χ2n) is 4.69. The molecule has 21 heavy (non-hydrogen) atoms. The van der Waals surface area contributed by atoms with Gasteiger partial charge in [-0.2, -0.15) is 0 Å². The van der Waals surface area contributed by atoms with Crippen LogP contribution in [0.25, 0.3) is 0 Å². The van der Waals surface area contributed by atoms with Crippen LogP contribution in [0.2, 0.25) is 5.02 Å². The average Bonchev–Trinajstić information content (AvgIpc) is 2.48. The summed E-state index contributed by atoms with van der Waals surface area (Å²) in [5.41, 5.74) is 0. The van der Waals surface area contributed by atoms with Gasteiger partial charge in [0, 0.05) is 18.1 Å². The summed E-state index contributed by atoms with van der Waals surface area (Å²) < 4.78 is 11.1. The van der Waals surface area contributed by atoms with Crippen molar-refractivity contribution in [2.75, 3.05) is 26.2 Å². The lowest BCUT2D eigenvalue weighted by molar-refractivity contribution is -0.134. The van der Waals surface area contributed by atoms with Crippen LogP contribution < -0.4 is 15.4 Å². The average molecular weight is 335 g/mol. The molecule has 5 nitrogen and oxygen atoms in total. The lowest BCUT2D eigenvalue weighted by Gasteiger charge is -2.23. The molecule has 1 saturated heterocycles. The van der Waals surface area contributed by atoms with Crippen molar-refractivity contribution in [1.29, 1.82) is 0 Å². The van der Waals surface area contributed by atoms with E-state index in [1.165, 1.54) is 0 Å². The molecule has 1 heterocycles. The Balaban J connectivity index is 0.00000220. The molecule has 1 amide bonds. The van der Waals surface area contributed by atoms with E-state index in [-0.39, 0.29) is 24.4 Å². The van der Waals surface area contributed by atoms with Crippen LogP contribution in [0.5, 0.6) is 5.75 Å². The summed E-state index contributed by atoms with van der Waals surface area (Å²) in [6.07, 6.45) is -0.539. The fourth-order valence-corrected chi connectivity index (χ4v) is 2.01. The lowest BCUT2D eigenvalue weighted by atomic mass is 10.2. The highest BCUT2D eigenvalue weighted by Crippen LogP contribution is 2.16. The van der Waals surface area contributed by atoms with E-state index in [1.54, 1.807) is 24.3 Å². The number of nitrogens with one attached hydrogen (secondary N) is 2. The van der Waals surface area contributed by atoms with Gasteiger partial charge in [0.15, 0.2) is 0 Å². The number of halogens is 2. The quantitative estimate of drug-likeness (QED) is 0.859. The molecule has 0 aliphatic carbocycles. The van der Waals surface area contributed by atoms with Gasteiger partial charge < -0.3 is 20.1 Å². The third-order valence-corrected chi connectivity index (χ3v) is 3.19. The Morgan fingerprint density at radius 2 is 2.24 bits per heavy atom. The van der Waals surface area contributed by atoms with Crippen molar-refractivity contribution in [2.45, 2.75) is 19.1 Å². The smallest absolute Gasteiger partial charge is 0.250 e. The molecule has 0 aromatic heterocycles. The van der Waals surface area contributed by atoms with Gasteiger partial charge in [-0.05, 0) is 31.2 Å². The summed E-state index contributed by atoms with van der Waals surface area (Å²) in [7, 11) is 0. The van der Waals surface area contributed by atoms with E-state index in [9.17, 15) is 4.79 Å². The van der Waals surface area contributed by atoms with Crippen molar-refractivity contribution >= 4 is 29.9 Å². The molecule has 0 radical (unpaired) electrons. The lowest BCUT2D eigenvalue weighted by Crippen LogP contribution is -2.49. The van der Waals surface area contributed by atoms with Crippen molar-refractivity contribution in [1.82, 2.24) is 10.6 Å². The van der Waals surface area contributed by atoms with Gasteiger partial charge in [0.1, 0.15) is 18.0 Å². The Kier molecular flexibility index (Phi) is 7.82. The Labute approximate surface area is 135 Å². The minimum atomic E-state index is -0.411. The molecule has 2 unspecified atom stereocenters. The second kappa shape index (κ2) is 9.10. The van der Waals surface area contributed by atoms with Gasteiger partial charge in [-0.25, -0.2) is 0 Å². The van der Waals surface area contributed by atoms with Crippen molar-refractivity contribution in [2.24, 2.45) is 0 Å². The van der Waals surface area contributed by atoms with E-state index in [2.05, 4.69) is 10.6 Å². The molecule has 1 aliphatic rings. The van der Waals surface area contributed by atoms with Gasteiger partial charge in [0.05, 0.1) is 13.2 Å². The summed E-state index contributed by atoms with van der Waals surface area (Å²) in [6.45, 7) is 4.24. The molecular weight excluding hydrogens is 315 g/mol. The predicted molar refractivity (Wildman–Crippen MR) is 84.4 cm³/mol. The summed E-state index contributed by atoms with van der Waals surface area (Å²) in [6, 6.07) is 7.14. The largest absolute Gasteiger partial charge is 0.489 e. The maximum absolute atomic E-state index is 11.9. The van der Waals surface area contributed by atoms with Crippen molar-refractivity contribution in [3.05, 3.63) is 29.3 Å². The highest BCUT2D eigenvalue weighted by Gasteiger charge is 2.21. The summed E-state index contributed by atoms with van der Waals surface area (Å²) in [5.74, 6) is 0.621. The summed E-state index contributed by atoms with van der Waals surface area (Å²) in [5, 5.41) is 6.61. The van der Waals surface area contributed by atoms with Crippen molar-refractivity contribution in [3.63, 3.8) is 0 Å². The van der Waals surface area contributed by atoms with Crippen LogP contribution in [0.4, 0.5) is 0 Å². The number of ether oxygens (including phenoxy) is 2. The highest BCUT2D eigenvalue weighted by molar-refractivity contribution is 6.30. The van der Waals surface area contributed by atoms with E-state index in [4.69, 9.17) is 21.1 Å². The van der Waals surface area contributed by atoms with Gasteiger partial charge >= 0.3 is 0 Å². The summed E-state index contributed by atoms with van der Waals surface area (Å²) >= 11 is 5.80. The monoisotopic (exact) mass is 334 g/mol. The van der Waals surface area contributed by atoms with E-state index in [1.807, 2.05) is 6.92 Å². The molecule has 1 aromatic carbocycles. The molecular formula is C14H20Cl2N2O3. The fourth-order valence-electron chi connectivity index (χ4n) is 1.88. The van der Waals surface area contributed by atoms with E-state index < -0.39 is 6.10 Å². The summed E-state index contributed by atoms with van der Waals surface area (Å²) in [4.78, 5) is 11.9. The number of morpholine rings is 1. The molecule has 0 bridgehead atoms. The van der Waals surface area contributed by atoms with Gasteiger partial charge in [-0.1, -0.05) is 11.6 Å². The number of hydrogen-bond acceptors (Lipinski definition) is 4. The standard InChI is InChI=1S/C14H19ClN2O3.ClH/c1-10(20-12-4-2-11(15)3-5-12)8-17-14(18)13-9-16-6-7-19-13;/h2-5,10,13,16H,6-9H2,1H3,(H,17,18);1H. The molecule has 1 aliphatic heterocycles. The molecule has 2 atom stereocenters. The number of hydrogen-bond donors (Lipinski definition) is 2. The molecule has 1 aromatic rings. The van der Waals surface area contributed by atoms with Crippen LogP contribution in [0, 0.1) is 0 Å². The Bertz CT molecular complexity index is 436. The Morgan fingerprint density at radius 1 is 1.52 bits per heavy atom. The first kappa shape index (κ1) is 18.0. The zero-order chi connectivity index (χ0) is 14.4. The van der Waals surface area contributed by atoms with Crippen LogP contribution in [-0.2, 0) is 9.53 Å². The molecule has 0 spiro atoms. The zero-order valence-electron chi connectivity index (χ0n) is 11.8. The fraction of sp³-hybridized carbons (Fsp3) is 0.500. The van der Waals surface area contributed by atoms with Crippen molar-refractivity contribution in [3.8, 4) is 5.75 Å². The Hall–Kier alpha value is -1.01. The van der Waals surface area contributed by atoms with Gasteiger partial charge in [-0.3, -0.25) is 4.79 Å². The molecule has 118 valence electrons. The maximum atomic E-state index is 11.9. The van der Waals surface area contributed by atoms with E-state index >= 15 is 0 Å². The normalized spacial score (nSPS) is 19.2. The van der Waals surface area contributed by atoms with Gasteiger partial charge in [0.25, 0.3) is 5.91 Å². The first-order valence-electron chi connectivity index (χ1n) is 6.67. The van der Waals surface area contributed by atoms with Gasteiger partial charge in [0.2, 0.25) is 0 Å². The minimum absolute atomic E-state index is 0. The number of amides is 1. The highest BCUT2D eigenvalue weighted by atomic mass is 35.5. The molecule has 0 saturated carbocycles. The number of carbonyl (C=O) groups excluding carboxylic acids is 1. The Morgan fingerprint density at radius 3 is 2.86 bits per heavy atom. The molecule has 2 rings (SSSR count). The molecule has 1 fully saturated rings. The molecule has 2 N–H and O–H groups in total.